The third kappa shape index (κ3) is 4.19. The highest BCUT2D eigenvalue weighted by Crippen LogP contribution is 2.19. The summed E-state index contributed by atoms with van der Waals surface area (Å²) < 4.78 is 0.526. The van der Waals surface area contributed by atoms with Crippen molar-refractivity contribution in [3.05, 3.63) is 45.4 Å². The quantitative estimate of drug-likeness (QED) is 0.764. The van der Waals surface area contributed by atoms with E-state index in [-0.39, 0.29) is 19.1 Å². The summed E-state index contributed by atoms with van der Waals surface area (Å²) in [6.07, 6.45) is 1.73. The summed E-state index contributed by atoms with van der Waals surface area (Å²) in [5.74, 6) is -0.195. The molecule has 5 nitrogen and oxygen atoms in total. The molecule has 0 radical (unpaired) electrons. The molecule has 0 aliphatic carbocycles. The molecule has 1 aromatic carbocycles. The number of nitrogens with one attached hydrogen (secondary N) is 2. The predicted molar refractivity (Wildman–Crippen MR) is 80.3 cm³/mol. The number of carbonyl (C=O) groups is 1. The van der Waals surface area contributed by atoms with Gasteiger partial charge in [0, 0.05) is 28.9 Å². The number of thiazole rings is 1. The van der Waals surface area contributed by atoms with Gasteiger partial charge in [0.25, 0.3) is 5.91 Å². The lowest BCUT2D eigenvalue weighted by Crippen LogP contribution is -2.26. The third-order valence-corrected chi connectivity index (χ3v) is 3.65. The molecule has 0 unspecified atom stereocenters. The van der Waals surface area contributed by atoms with Crippen LogP contribution in [-0.4, -0.2) is 29.1 Å². The van der Waals surface area contributed by atoms with Gasteiger partial charge in [0.2, 0.25) is 0 Å². The van der Waals surface area contributed by atoms with Crippen LogP contribution in [0, 0.1) is 0 Å². The van der Waals surface area contributed by atoms with Gasteiger partial charge in [0.1, 0.15) is 0 Å². The van der Waals surface area contributed by atoms with Crippen LogP contribution in [0.1, 0.15) is 15.2 Å². The number of hydrogen-bond acceptors (Lipinski definition) is 5. The molecule has 0 fully saturated rings. The Labute approximate surface area is 125 Å². The van der Waals surface area contributed by atoms with Crippen molar-refractivity contribution in [3.8, 4) is 0 Å². The second kappa shape index (κ2) is 7.23. The van der Waals surface area contributed by atoms with Gasteiger partial charge in [-0.15, -0.1) is 11.3 Å². The van der Waals surface area contributed by atoms with Gasteiger partial charge >= 0.3 is 0 Å². The van der Waals surface area contributed by atoms with Crippen molar-refractivity contribution in [1.29, 1.82) is 0 Å². The largest absolute Gasteiger partial charge is 0.395 e. The highest BCUT2D eigenvalue weighted by atomic mass is 35.5. The maximum absolute atomic E-state index is 11.6. The molecule has 0 atom stereocenters. The first-order valence-electron chi connectivity index (χ1n) is 6.02. The minimum atomic E-state index is -0.195. The van der Waals surface area contributed by atoms with Gasteiger partial charge in [-0.3, -0.25) is 4.79 Å². The molecule has 0 saturated carbocycles. The van der Waals surface area contributed by atoms with Crippen molar-refractivity contribution >= 4 is 34.5 Å². The molecule has 0 aliphatic heterocycles. The second-order valence-electron chi connectivity index (χ2n) is 3.99. The fourth-order valence-electron chi connectivity index (χ4n) is 1.57. The smallest absolute Gasteiger partial charge is 0.251 e. The monoisotopic (exact) mass is 311 g/mol. The van der Waals surface area contributed by atoms with Crippen molar-refractivity contribution < 1.29 is 9.90 Å². The number of rotatable bonds is 6. The molecule has 1 heterocycles. The molecule has 0 spiro atoms. The molecular weight excluding hydrogens is 298 g/mol. The van der Waals surface area contributed by atoms with Crippen molar-refractivity contribution in [2.24, 2.45) is 0 Å². The van der Waals surface area contributed by atoms with E-state index in [4.69, 9.17) is 16.7 Å². The summed E-state index contributed by atoms with van der Waals surface area (Å²) >= 11 is 7.18. The van der Waals surface area contributed by atoms with Crippen LogP contribution in [0.2, 0.25) is 4.47 Å². The molecule has 0 bridgehead atoms. The number of hydrogen-bond donors (Lipinski definition) is 3. The van der Waals surface area contributed by atoms with E-state index in [0.717, 1.165) is 10.6 Å². The third-order valence-electron chi connectivity index (χ3n) is 2.54. The fourth-order valence-corrected chi connectivity index (χ4v) is 2.48. The Morgan fingerprint density at radius 3 is 2.70 bits per heavy atom. The van der Waals surface area contributed by atoms with Crippen molar-refractivity contribution in [1.82, 2.24) is 10.3 Å². The summed E-state index contributed by atoms with van der Waals surface area (Å²) in [6, 6.07) is 7.12. The lowest BCUT2D eigenvalue weighted by Gasteiger charge is -2.06. The zero-order valence-electron chi connectivity index (χ0n) is 10.6. The number of benzene rings is 1. The number of aliphatic hydroxyl groups is 1. The summed E-state index contributed by atoms with van der Waals surface area (Å²) in [4.78, 5) is 16.6. The maximum Gasteiger partial charge on any atom is 0.251 e. The highest BCUT2D eigenvalue weighted by molar-refractivity contribution is 7.15. The molecule has 2 rings (SSSR count). The van der Waals surface area contributed by atoms with Gasteiger partial charge < -0.3 is 15.7 Å². The Morgan fingerprint density at radius 1 is 1.35 bits per heavy atom. The van der Waals surface area contributed by atoms with Gasteiger partial charge in [0.05, 0.1) is 13.2 Å². The van der Waals surface area contributed by atoms with E-state index in [1.807, 2.05) is 12.1 Å². The zero-order valence-corrected chi connectivity index (χ0v) is 12.2. The van der Waals surface area contributed by atoms with E-state index in [2.05, 4.69) is 15.6 Å². The minimum absolute atomic E-state index is 0.0667. The Hall–Kier alpha value is -1.63. The van der Waals surface area contributed by atoms with E-state index < -0.39 is 0 Å². The minimum Gasteiger partial charge on any atom is -0.395 e. The Balaban J connectivity index is 1.89. The van der Waals surface area contributed by atoms with Crippen LogP contribution in [0.4, 0.5) is 5.69 Å². The average Bonchev–Trinajstić information content (AvgIpc) is 2.89. The van der Waals surface area contributed by atoms with E-state index in [0.29, 0.717) is 16.6 Å². The number of halogens is 1. The number of carbonyl (C=O) groups excluding carboxylic acids is 1. The van der Waals surface area contributed by atoms with Gasteiger partial charge in [-0.05, 0) is 24.3 Å². The van der Waals surface area contributed by atoms with E-state index in [9.17, 15) is 4.79 Å². The number of aromatic nitrogens is 1. The standard InChI is InChI=1S/C13H14ClN3O2S/c14-13-17-8-11(20-13)7-16-10-3-1-9(2-4-10)12(19)15-5-6-18/h1-4,8,16,18H,5-7H2,(H,15,19). The average molecular weight is 312 g/mol. The molecule has 3 N–H and O–H groups in total. The van der Waals surface area contributed by atoms with Crippen molar-refractivity contribution in [2.45, 2.75) is 6.54 Å². The van der Waals surface area contributed by atoms with Gasteiger partial charge in [-0.25, -0.2) is 4.98 Å². The van der Waals surface area contributed by atoms with Crippen LogP contribution in [0.5, 0.6) is 0 Å². The summed E-state index contributed by atoms with van der Waals surface area (Å²) in [5.41, 5.74) is 1.47. The van der Waals surface area contributed by atoms with Crippen molar-refractivity contribution in [3.63, 3.8) is 0 Å². The molecule has 7 heteroatoms. The second-order valence-corrected chi connectivity index (χ2v) is 5.69. The maximum atomic E-state index is 11.6. The Bertz CT molecular complexity index is 571. The van der Waals surface area contributed by atoms with E-state index in [1.54, 1.807) is 18.3 Å². The zero-order chi connectivity index (χ0) is 14.4. The van der Waals surface area contributed by atoms with E-state index in [1.165, 1.54) is 11.3 Å². The Morgan fingerprint density at radius 2 is 2.10 bits per heavy atom. The molecule has 0 saturated heterocycles. The van der Waals surface area contributed by atoms with Gasteiger partial charge in [-0.2, -0.15) is 0 Å². The van der Waals surface area contributed by atoms with Crippen LogP contribution in [0.15, 0.2) is 30.5 Å². The molecular formula is C13H14ClN3O2S. The molecule has 20 heavy (non-hydrogen) atoms. The van der Waals surface area contributed by atoms with Crippen LogP contribution in [-0.2, 0) is 6.54 Å². The van der Waals surface area contributed by atoms with Crippen molar-refractivity contribution in [2.75, 3.05) is 18.5 Å². The molecule has 106 valence electrons. The van der Waals surface area contributed by atoms with Gasteiger partial charge in [0.15, 0.2) is 4.47 Å². The first-order valence-corrected chi connectivity index (χ1v) is 7.21. The predicted octanol–water partition coefficient (Wildman–Crippen LogP) is 2.13. The SMILES string of the molecule is O=C(NCCO)c1ccc(NCc2cnc(Cl)s2)cc1. The van der Waals surface area contributed by atoms with Crippen LogP contribution in [0.3, 0.4) is 0 Å². The molecule has 0 aliphatic rings. The molecule has 2 aromatic rings. The number of anilines is 1. The fraction of sp³-hybridized carbons (Fsp3) is 0.231. The Kier molecular flexibility index (Phi) is 5.34. The lowest BCUT2D eigenvalue weighted by atomic mass is 10.2. The molecule has 1 amide bonds. The van der Waals surface area contributed by atoms with Gasteiger partial charge in [-0.1, -0.05) is 11.6 Å². The normalized spacial score (nSPS) is 10.3. The molecule has 1 aromatic heterocycles. The van der Waals surface area contributed by atoms with Crippen LogP contribution >= 0.6 is 22.9 Å². The number of nitrogens with zero attached hydrogens (tertiary/aromatic N) is 1. The topological polar surface area (TPSA) is 74.2 Å². The lowest BCUT2D eigenvalue weighted by molar-refractivity contribution is 0.0945. The summed E-state index contributed by atoms with van der Waals surface area (Å²) in [7, 11) is 0. The summed E-state index contributed by atoms with van der Waals surface area (Å²) in [5, 5.41) is 14.5. The van der Waals surface area contributed by atoms with Crippen LogP contribution < -0.4 is 10.6 Å². The van der Waals surface area contributed by atoms with Crippen LogP contribution in [0.25, 0.3) is 0 Å². The number of aliphatic hydroxyl groups excluding tert-OH is 1. The number of amides is 1. The highest BCUT2D eigenvalue weighted by Gasteiger charge is 2.04. The summed E-state index contributed by atoms with van der Waals surface area (Å²) in [6.45, 7) is 0.828. The first kappa shape index (κ1) is 14.8. The van der Waals surface area contributed by atoms with E-state index >= 15 is 0 Å². The first-order chi connectivity index (χ1) is 9.69.